The number of carbonyl (C=O) groups is 1. The summed E-state index contributed by atoms with van der Waals surface area (Å²) in [5, 5.41) is 4.13. The Bertz CT molecular complexity index is 1710. The summed E-state index contributed by atoms with van der Waals surface area (Å²) in [6, 6.07) is 7.15. The van der Waals surface area contributed by atoms with Crippen molar-refractivity contribution in [1.82, 2.24) is 19.5 Å². The summed E-state index contributed by atoms with van der Waals surface area (Å²) in [6.45, 7) is 6.55. The number of ketones is 1. The Balaban J connectivity index is 1.46. The van der Waals surface area contributed by atoms with Gasteiger partial charge in [-0.15, -0.1) is 11.3 Å². The summed E-state index contributed by atoms with van der Waals surface area (Å²) in [7, 11) is -3.59. The predicted molar refractivity (Wildman–Crippen MR) is 156 cm³/mol. The molecule has 1 saturated carbocycles. The Labute approximate surface area is 237 Å². The van der Waals surface area contributed by atoms with E-state index in [0.29, 0.717) is 34.8 Å². The lowest BCUT2D eigenvalue weighted by molar-refractivity contribution is -0.119. The molecule has 9 nitrogen and oxygen atoms in total. The summed E-state index contributed by atoms with van der Waals surface area (Å²) in [5.41, 5.74) is 4.61. The molecular weight excluding hydrogens is 546 g/mol. The molecule has 1 atom stereocenters. The summed E-state index contributed by atoms with van der Waals surface area (Å²) in [6.07, 6.45) is 6.05. The number of nitrogens with zero attached hydrogens (tertiary/aromatic N) is 4. The molecule has 1 aliphatic carbocycles. The van der Waals surface area contributed by atoms with Crippen LogP contribution in [0.5, 0.6) is 0 Å². The molecule has 0 spiro atoms. The van der Waals surface area contributed by atoms with E-state index >= 15 is 0 Å². The van der Waals surface area contributed by atoms with E-state index in [9.17, 15) is 13.2 Å². The second-order valence-corrected chi connectivity index (χ2v) is 14.1. The van der Waals surface area contributed by atoms with Gasteiger partial charge < -0.3 is 10.1 Å². The Hall–Kier alpha value is -3.15. The molecule has 4 heterocycles. The minimum Gasteiger partial charge on any atom is -0.358 e. The first-order chi connectivity index (χ1) is 19.1. The number of benzene rings is 1. The van der Waals surface area contributed by atoms with E-state index in [-0.39, 0.29) is 29.2 Å². The van der Waals surface area contributed by atoms with Crippen LogP contribution in [-0.4, -0.2) is 46.6 Å². The second kappa shape index (κ2) is 10.4. The Morgan fingerprint density at radius 2 is 1.88 bits per heavy atom. The number of ether oxygens (including phenoxy) is 1. The third-order valence-electron chi connectivity index (χ3n) is 7.64. The zero-order valence-corrected chi connectivity index (χ0v) is 24.8. The molecule has 3 aromatic heterocycles. The standard InChI is InChI=1S/C29H33N5O4S2/c1-16-17(2)39-29(30-16)20-10-11-22(25(13-20)40(4,36)37)33-23-14-21(15-24(35)19-8-9-19)32-28-27(23)31-18(3)34(28)26-7-5-6-12-38-26/h10-11,13-14,19,26H,5-9,12,15H2,1-4H3,(H,32,33). The minimum absolute atomic E-state index is 0.116. The van der Waals surface area contributed by atoms with E-state index in [4.69, 9.17) is 14.7 Å². The number of sulfone groups is 1. The molecule has 0 amide bonds. The van der Waals surface area contributed by atoms with E-state index in [1.807, 2.05) is 37.5 Å². The molecule has 1 aliphatic heterocycles. The Morgan fingerprint density at radius 3 is 2.52 bits per heavy atom. The summed E-state index contributed by atoms with van der Waals surface area (Å²) in [5.74, 6) is 1.06. The number of Topliss-reactive ketones (excluding diaryl/α,β-unsaturated/α-hetero) is 1. The number of nitrogens with one attached hydrogen (secondary N) is 1. The number of hydrogen-bond acceptors (Lipinski definition) is 9. The van der Waals surface area contributed by atoms with Gasteiger partial charge in [-0.2, -0.15) is 0 Å². The van der Waals surface area contributed by atoms with Crippen LogP contribution in [0.4, 0.5) is 11.4 Å². The van der Waals surface area contributed by atoms with E-state index in [1.165, 1.54) is 6.26 Å². The Kier molecular flexibility index (Phi) is 7.00. The van der Waals surface area contributed by atoms with Gasteiger partial charge in [-0.3, -0.25) is 9.36 Å². The SMILES string of the molecule is Cc1nc(-c2ccc(Nc3cc(CC(=O)C4CC4)nc4c3nc(C)n4C3CCCCO3)c(S(C)(=O)=O)c2)sc1C. The van der Waals surface area contributed by atoms with Gasteiger partial charge in [0.05, 0.1) is 27.7 Å². The maximum atomic E-state index is 13.0. The number of rotatable bonds is 8. The van der Waals surface area contributed by atoms with Gasteiger partial charge in [-0.25, -0.2) is 23.4 Å². The fourth-order valence-corrected chi connectivity index (χ4v) is 6.99. The first-order valence-electron chi connectivity index (χ1n) is 13.7. The molecule has 4 aromatic rings. The quantitative estimate of drug-likeness (QED) is 0.276. The molecule has 0 radical (unpaired) electrons. The van der Waals surface area contributed by atoms with Gasteiger partial charge in [0, 0.05) is 35.6 Å². The third-order valence-corrected chi connectivity index (χ3v) is 9.89. The first-order valence-corrected chi connectivity index (χ1v) is 16.4. The molecule has 2 aliphatic rings. The number of aromatic nitrogens is 4. The molecule has 210 valence electrons. The highest BCUT2D eigenvalue weighted by atomic mass is 32.2. The number of anilines is 2. The van der Waals surface area contributed by atoms with Gasteiger partial charge in [-0.05, 0) is 77.1 Å². The fourth-order valence-electron chi connectivity index (χ4n) is 5.22. The van der Waals surface area contributed by atoms with Crippen LogP contribution in [0.25, 0.3) is 21.7 Å². The topological polar surface area (TPSA) is 116 Å². The zero-order chi connectivity index (χ0) is 28.2. The molecule has 11 heteroatoms. The van der Waals surface area contributed by atoms with E-state index in [0.717, 1.165) is 59.1 Å². The fraction of sp³-hybridized carbons (Fsp3) is 0.448. The van der Waals surface area contributed by atoms with Crippen molar-refractivity contribution >= 4 is 49.5 Å². The van der Waals surface area contributed by atoms with Gasteiger partial charge in [0.2, 0.25) is 0 Å². The molecule has 2 fully saturated rings. The van der Waals surface area contributed by atoms with Crippen LogP contribution in [0.3, 0.4) is 0 Å². The van der Waals surface area contributed by atoms with Crippen molar-refractivity contribution in [3.05, 3.63) is 46.4 Å². The van der Waals surface area contributed by atoms with Crippen LogP contribution in [-0.2, 0) is 25.8 Å². The highest BCUT2D eigenvalue weighted by molar-refractivity contribution is 7.90. The van der Waals surface area contributed by atoms with Crippen LogP contribution in [0.2, 0.25) is 0 Å². The largest absolute Gasteiger partial charge is 0.358 e. The minimum atomic E-state index is -3.59. The molecule has 1 N–H and O–H groups in total. The monoisotopic (exact) mass is 579 g/mol. The lowest BCUT2D eigenvalue weighted by atomic mass is 10.1. The number of aryl methyl sites for hydroxylation is 3. The number of fused-ring (bicyclic) bond motifs is 1. The highest BCUT2D eigenvalue weighted by Crippen LogP contribution is 2.37. The van der Waals surface area contributed by atoms with Crippen molar-refractivity contribution in [3.63, 3.8) is 0 Å². The number of pyridine rings is 1. The van der Waals surface area contributed by atoms with Gasteiger partial charge in [0.1, 0.15) is 28.4 Å². The average Bonchev–Trinajstić information content (AvgIpc) is 3.64. The lowest BCUT2D eigenvalue weighted by Gasteiger charge is -2.25. The highest BCUT2D eigenvalue weighted by Gasteiger charge is 2.30. The van der Waals surface area contributed by atoms with Crippen molar-refractivity contribution in [1.29, 1.82) is 0 Å². The smallest absolute Gasteiger partial charge is 0.177 e. The summed E-state index contributed by atoms with van der Waals surface area (Å²) >= 11 is 1.54. The second-order valence-electron chi connectivity index (χ2n) is 10.9. The van der Waals surface area contributed by atoms with Crippen LogP contribution in [0, 0.1) is 26.7 Å². The summed E-state index contributed by atoms with van der Waals surface area (Å²) in [4.78, 5) is 28.4. The number of carbonyl (C=O) groups excluding carboxylic acids is 1. The van der Waals surface area contributed by atoms with Crippen LogP contribution in [0.15, 0.2) is 29.2 Å². The van der Waals surface area contributed by atoms with Gasteiger partial charge >= 0.3 is 0 Å². The van der Waals surface area contributed by atoms with Crippen molar-refractivity contribution in [2.75, 3.05) is 18.2 Å². The summed E-state index contributed by atoms with van der Waals surface area (Å²) < 4.78 is 34.0. The molecular formula is C29H33N5O4S2. The maximum absolute atomic E-state index is 13.0. The van der Waals surface area contributed by atoms with E-state index < -0.39 is 9.84 Å². The number of thiazole rings is 1. The van der Waals surface area contributed by atoms with Crippen LogP contribution in [0.1, 0.15) is 60.4 Å². The zero-order valence-electron chi connectivity index (χ0n) is 23.2. The van der Waals surface area contributed by atoms with E-state index in [1.54, 1.807) is 23.5 Å². The number of imidazole rings is 1. The van der Waals surface area contributed by atoms with Crippen LogP contribution >= 0.6 is 11.3 Å². The van der Waals surface area contributed by atoms with E-state index in [2.05, 4.69) is 10.3 Å². The van der Waals surface area contributed by atoms with Crippen molar-refractivity contribution in [2.24, 2.45) is 5.92 Å². The first kappa shape index (κ1) is 27.0. The molecule has 1 unspecified atom stereocenters. The van der Waals surface area contributed by atoms with Gasteiger partial charge in [0.25, 0.3) is 0 Å². The van der Waals surface area contributed by atoms with Crippen molar-refractivity contribution in [3.8, 4) is 10.6 Å². The molecule has 6 rings (SSSR count). The molecule has 0 bridgehead atoms. The van der Waals surface area contributed by atoms with Gasteiger partial charge in [-0.1, -0.05) is 0 Å². The number of hydrogen-bond donors (Lipinski definition) is 1. The predicted octanol–water partition coefficient (Wildman–Crippen LogP) is 5.85. The van der Waals surface area contributed by atoms with Crippen molar-refractivity contribution < 1.29 is 17.9 Å². The Morgan fingerprint density at radius 1 is 1.07 bits per heavy atom. The molecule has 1 saturated heterocycles. The average molecular weight is 580 g/mol. The molecule has 1 aromatic carbocycles. The van der Waals surface area contributed by atoms with Crippen LogP contribution < -0.4 is 5.32 Å². The normalized spacial score (nSPS) is 17.9. The van der Waals surface area contributed by atoms with Gasteiger partial charge in [0.15, 0.2) is 15.5 Å². The maximum Gasteiger partial charge on any atom is 0.177 e. The molecule has 40 heavy (non-hydrogen) atoms. The third kappa shape index (κ3) is 5.29. The van der Waals surface area contributed by atoms with Crippen molar-refractivity contribution in [2.45, 2.75) is 70.4 Å². The lowest BCUT2D eigenvalue weighted by Crippen LogP contribution is -2.19.